The summed E-state index contributed by atoms with van der Waals surface area (Å²) < 4.78 is 0. The van der Waals surface area contributed by atoms with Crippen molar-refractivity contribution >= 4 is 0 Å². The monoisotopic (exact) mass is 157 g/mol. The quantitative estimate of drug-likeness (QED) is 0.543. The van der Waals surface area contributed by atoms with Gasteiger partial charge in [-0.25, -0.2) is 0 Å². The third-order valence-electron chi connectivity index (χ3n) is 2.33. The molecular weight excluding hydrogens is 144 g/mol. The van der Waals surface area contributed by atoms with E-state index in [1.165, 1.54) is 22.3 Å². The number of aryl methyl sites for hydroxylation is 1. The lowest BCUT2D eigenvalue weighted by Crippen LogP contribution is -1.99. The summed E-state index contributed by atoms with van der Waals surface area (Å²) in [7, 11) is 0. The van der Waals surface area contributed by atoms with Crippen molar-refractivity contribution in [3.63, 3.8) is 0 Å². The molecule has 0 saturated heterocycles. The number of hydrogen-bond acceptors (Lipinski definition) is 0. The van der Waals surface area contributed by atoms with E-state index in [2.05, 4.69) is 44.5 Å². The largest absolute Gasteiger partial charge is 0.0805 e. The topological polar surface area (TPSA) is 0 Å². The summed E-state index contributed by atoms with van der Waals surface area (Å²) >= 11 is 0. The Morgan fingerprint density at radius 2 is 2.00 bits per heavy atom. The Morgan fingerprint density at radius 3 is 2.83 bits per heavy atom. The average Bonchev–Trinajstić information content (AvgIpc) is 2.03. The van der Waals surface area contributed by atoms with Gasteiger partial charge in [-0.15, -0.1) is 0 Å². The molecule has 0 spiro atoms. The summed E-state index contributed by atoms with van der Waals surface area (Å²) in [5.74, 6) is 0. The van der Waals surface area contributed by atoms with Crippen LogP contribution in [0.25, 0.3) is 0 Å². The molecule has 1 aliphatic carbocycles. The summed E-state index contributed by atoms with van der Waals surface area (Å²) in [4.78, 5) is 0. The lowest BCUT2D eigenvalue weighted by Gasteiger charge is -2.14. The van der Waals surface area contributed by atoms with E-state index in [0.717, 1.165) is 6.42 Å². The van der Waals surface area contributed by atoms with E-state index in [9.17, 15) is 0 Å². The number of hydrogen-bond donors (Lipinski definition) is 0. The molecule has 0 nitrogen and oxygen atoms in total. The van der Waals surface area contributed by atoms with Crippen LogP contribution < -0.4 is 0 Å². The van der Waals surface area contributed by atoms with Gasteiger partial charge in [-0.1, -0.05) is 35.4 Å². The summed E-state index contributed by atoms with van der Waals surface area (Å²) in [5.41, 5.74) is 5.58. The fraction of sp³-hybridized carbons (Fsp3) is 0.250. The average molecular weight is 157 g/mol. The minimum absolute atomic E-state index is 1.10. The molecule has 0 atom stereocenters. The Hall–Kier alpha value is -1.04. The van der Waals surface area contributed by atoms with E-state index in [4.69, 9.17) is 0 Å². The van der Waals surface area contributed by atoms with Crippen molar-refractivity contribution in [3.05, 3.63) is 53.0 Å². The molecule has 0 bridgehead atoms. The first-order valence-corrected chi connectivity index (χ1v) is 4.37. The number of allylic oxidation sites excluding steroid dienone is 2. The van der Waals surface area contributed by atoms with Crippen molar-refractivity contribution in [2.75, 3.05) is 0 Å². The molecular formula is C12H13. The van der Waals surface area contributed by atoms with Gasteiger partial charge in [0.05, 0.1) is 0 Å². The van der Waals surface area contributed by atoms with Crippen molar-refractivity contribution in [1.82, 2.24) is 0 Å². The first kappa shape index (κ1) is 7.60. The molecule has 0 heteroatoms. The van der Waals surface area contributed by atoms with Gasteiger partial charge >= 0.3 is 0 Å². The Kier molecular flexibility index (Phi) is 1.76. The Labute approximate surface area is 73.9 Å². The van der Waals surface area contributed by atoms with E-state index in [1.807, 2.05) is 0 Å². The lowest BCUT2D eigenvalue weighted by molar-refractivity contribution is 1.13. The molecule has 61 valence electrons. The second-order valence-corrected chi connectivity index (χ2v) is 3.50. The molecule has 2 rings (SSSR count). The molecule has 0 heterocycles. The van der Waals surface area contributed by atoms with Gasteiger partial charge in [0.25, 0.3) is 0 Å². The highest BCUT2D eigenvalue weighted by Gasteiger charge is 2.07. The molecule has 0 saturated carbocycles. The van der Waals surface area contributed by atoms with Crippen LogP contribution in [0.5, 0.6) is 0 Å². The first-order chi connectivity index (χ1) is 5.75. The zero-order valence-corrected chi connectivity index (χ0v) is 7.59. The Balaban J connectivity index is 2.43. The van der Waals surface area contributed by atoms with E-state index in [0.29, 0.717) is 0 Å². The van der Waals surface area contributed by atoms with Gasteiger partial charge in [0.1, 0.15) is 0 Å². The van der Waals surface area contributed by atoms with Crippen LogP contribution in [0.1, 0.15) is 23.6 Å². The number of fused-ring (bicyclic) bond motifs is 1. The van der Waals surface area contributed by atoms with Gasteiger partial charge in [-0.3, -0.25) is 0 Å². The van der Waals surface area contributed by atoms with Crippen molar-refractivity contribution in [1.29, 1.82) is 0 Å². The molecule has 0 N–H and O–H groups in total. The maximum atomic E-state index is 2.28. The standard InChI is InChI=1S/C12H13/c1-9-3-5-11-6-4-10(2)8-12(11)7-9/h3-5,7-8H,6H2,1-2H3. The van der Waals surface area contributed by atoms with Gasteiger partial charge < -0.3 is 0 Å². The van der Waals surface area contributed by atoms with Crippen LogP contribution in [0.15, 0.2) is 29.8 Å². The highest BCUT2D eigenvalue weighted by molar-refractivity contribution is 5.46. The highest BCUT2D eigenvalue weighted by atomic mass is 14.1. The third-order valence-corrected chi connectivity index (χ3v) is 2.33. The lowest BCUT2D eigenvalue weighted by atomic mass is 9.91. The predicted molar refractivity (Wildman–Crippen MR) is 52.0 cm³/mol. The fourth-order valence-corrected chi connectivity index (χ4v) is 1.61. The highest BCUT2D eigenvalue weighted by Crippen LogP contribution is 2.23. The number of benzene rings is 1. The van der Waals surface area contributed by atoms with Gasteiger partial charge in [0.2, 0.25) is 0 Å². The van der Waals surface area contributed by atoms with Crippen LogP contribution in [0.3, 0.4) is 0 Å². The first-order valence-electron chi connectivity index (χ1n) is 4.37. The van der Waals surface area contributed by atoms with E-state index >= 15 is 0 Å². The smallest absolute Gasteiger partial charge is 0.0155 e. The fourth-order valence-electron chi connectivity index (χ4n) is 1.61. The second kappa shape index (κ2) is 2.78. The van der Waals surface area contributed by atoms with Gasteiger partial charge in [0, 0.05) is 6.42 Å². The van der Waals surface area contributed by atoms with Crippen molar-refractivity contribution in [2.45, 2.75) is 20.3 Å². The SMILES string of the molecule is CC1=CCc2ccc(C)cc2[CH]1. The molecule has 0 aliphatic heterocycles. The van der Waals surface area contributed by atoms with E-state index < -0.39 is 0 Å². The maximum absolute atomic E-state index is 2.28. The van der Waals surface area contributed by atoms with Gasteiger partial charge in [-0.2, -0.15) is 0 Å². The van der Waals surface area contributed by atoms with Gasteiger partial charge in [0.15, 0.2) is 0 Å². The second-order valence-electron chi connectivity index (χ2n) is 3.50. The van der Waals surface area contributed by atoms with Crippen LogP contribution in [0.2, 0.25) is 0 Å². The van der Waals surface area contributed by atoms with Crippen LogP contribution in [-0.4, -0.2) is 0 Å². The van der Waals surface area contributed by atoms with Crippen LogP contribution in [0.4, 0.5) is 0 Å². The molecule has 12 heavy (non-hydrogen) atoms. The molecule has 0 unspecified atom stereocenters. The van der Waals surface area contributed by atoms with Crippen LogP contribution >= 0.6 is 0 Å². The number of rotatable bonds is 0. The van der Waals surface area contributed by atoms with Crippen LogP contribution in [0, 0.1) is 13.3 Å². The zero-order valence-electron chi connectivity index (χ0n) is 7.59. The minimum atomic E-state index is 1.10. The Morgan fingerprint density at radius 1 is 1.17 bits per heavy atom. The molecule has 1 radical (unpaired) electrons. The van der Waals surface area contributed by atoms with E-state index in [1.54, 1.807) is 0 Å². The van der Waals surface area contributed by atoms with Crippen molar-refractivity contribution < 1.29 is 0 Å². The minimum Gasteiger partial charge on any atom is -0.0805 e. The zero-order chi connectivity index (χ0) is 8.55. The molecule has 0 aromatic heterocycles. The van der Waals surface area contributed by atoms with Crippen LogP contribution in [-0.2, 0) is 6.42 Å². The van der Waals surface area contributed by atoms with Gasteiger partial charge in [-0.05, 0) is 31.4 Å². The summed E-state index contributed by atoms with van der Waals surface area (Å²) in [6.45, 7) is 4.30. The molecule has 0 fully saturated rings. The van der Waals surface area contributed by atoms with Crippen molar-refractivity contribution in [2.24, 2.45) is 0 Å². The molecule has 1 aliphatic rings. The Bertz CT molecular complexity index is 332. The third kappa shape index (κ3) is 1.29. The molecule has 1 aromatic carbocycles. The van der Waals surface area contributed by atoms with E-state index in [-0.39, 0.29) is 0 Å². The predicted octanol–water partition coefficient (Wildman–Crippen LogP) is 3.05. The summed E-state index contributed by atoms with van der Waals surface area (Å²) in [5, 5.41) is 0. The normalized spacial score (nSPS) is 15.3. The summed E-state index contributed by atoms with van der Waals surface area (Å²) in [6.07, 6.45) is 5.63. The summed E-state index contributed by atoms with van der Waals surface area (Å²) in [6, 6.07) is 6.66. The molecule has 1 aromatic rings. The molecule has 0 amide bonds. The maximum Gasteiger partial charge on any atom is 0.0155 e. The van der Waals surface area contributed by atoms with Crippen molar-refractivity contribution in [3.8, 4) is 0 Å².